The van der Waals surface area contributed by atoms with Crippen LogP contribution in [0.5, 0.6) is 0 Å². The Morgan fingerprint density at radius 2 is 1.94 bits per heavy atom. The van der Waals surface area contributed by atoms with Gasteiger partial charge in [0, 0.05) is 10.8 Å². The van der Waals surface area contributed by atoms with E-state index in [-0.39, 0.29) is 12.3 Å². The number of hydrogen-bond donors (Lipinski definition) is 1. The molecule has 0 aliphatic rings. The van der Waals surface area contributed by atoms with Crippen LogP contribution in [0.15, 0.2) is 42.5 Å². The topological polar surface area (TPSA) is 37.3 Å². The summed E-state index contributed by atoms with van der Waals surface area (Å²) >= 11 is 7.33. The predicted octanol–water partition coefficient (Wildman–Crippen LogP) is 4.01. The first kappa shape index (κ1) is 12.1. The van der Waals surface area contributed by atoms with Crippen LogP contribution in [0.2, 0.25) is 4.34 Å². The Bertz CT molecular complexity index is 507. The monoisotopic (exact) mass is 266 g/mol. The molecule has 0 spiro atoms. The van der Waals surface area contributed by atoms with Crippen molar-refractivity contribution in [1.82, 2.24) is 0 Å². The number of carboxylic acids is 1. The molecule has 4 heteroatoms. The number of benzene rings is 1. The quantitative estimate of drug-likeness (QED) is 0.908. The van der Waals surface area contributed by atoms with Crippen molar-refractivity contribution in [2.24, 2.45) is 0 Å². The fraction of sp³-hybridized carbons (Fsp3) is 0.154. The summed E-state index contributed by atoms with van der Waals surface area (Å²) in [7, 11) is 0. The van der Waals surface area contributed by atoms with Crippen LogP contribution in [-0.2, 0) is 4.79 Å². The molecule has 1 atom stereocenters. The summed E-state index contributed by atoms with van der Waals surface area (Å²) in [6.45, 7) is 0. The van der Waals surface area contributed by atoms with Gasteiger partial charge in [0.25, 0.3) is 0 Å². The average molecular weight is 267 g/mol. The van der Waals surface area contributed by atoms with Gasteiger partial charge in [0.05, 0.1) is 10.8 Å². The number of carbonyl (C=O) groups is 1. The smallest absolute Gasteiger partial charge is 0.304 e. The highest BCUT2D eigenvalue weighted by Gasteiger charge is 2.19. The molecule has 1 aromatic heterocycles. The molecule has 17 heavy (non-hydrogen) atoms. The highest BCUT2D eigenvalue weighted by atomic mass is 35.5. The van der Waals surface area contributed by atoms with Crippen LogP contribution >= 0.6 is 22.9 Å². The molecule has 0 radical (unpaired) electrons. The average Bonchev–Trinajstić information content (AvgIpc) is 2.73. The fourth-order valence-electron chi connectivity index (χ4n) is 1.76. The molecule has 2 nitrogen and oxygen atoms in total. The minimum Gasteiger partial charge on any atom is -0.481 e. The van der Waals surface area contributed by atoms with Crippen molar-refractivity contribution in [2.75, 3.05) is 0 Å². The van der Waals surface area contributed by atoms with E-state index in [0.29, 0.717) is 4.34 Å². The van der Waals surface area contributed by atoms with E-state index in [2.05, 4.69) is 0 Å². The SMILES string of the molecule is O=C(O)CC(c1ccccc1)c1ccc(Cl)s1. The van der Waals surface area contributed by atoms with Crippen LogP contribution in [0.3, 0.4) is 0 Å². The van der Waals surface area contributed by atoms with Gasteiger partial charge in [-0.25, -0.2) is 0 Å². The summed E-state index contributed by atoms with van der Waals surface area (Å²) in [4.78, 5) is 11.9. The Hall–Kier alpha value is -1.32. The van der Waals surface area contributed by atoms with Gasteiger partial charge >= 0.3 is 5.97 Å². The molecule has 0 amide bonds. The van der Waals surface area contributed by atoms with Crippen molar-refractivity contribution in [3.8, 4) is 0 Å². The van der Waals surface area contributed by atoms with Crippen LogP contribution in [0.25, 0.3) is 0 Å². The Morgan fingerprint density at radius 1 is 1.24 bits per heavy atom. The summed E-state index contributed by atoms with van der Waals surface area (Å²) < 4.78 is 0.686. The Balaban J connectivity index is 2.35. The van der Waals surface area contributed by atoms with E-state index < -0.39 is 5.97 Å². The lowest BCUT2D eigenvalue weighted by Crippen LogP contribution is -2.06. The van der Waals surface area contributed by atoms with E-state index in [9.17, 15) is 4.79 Å². The van der Waals surface area contributed by atoms with Crippen molar-refractivity contribution in [3.63, 3.8) is 0 Å². The van der Waals surface area contributed by atoms with E-state index in [1.165, 1.54) is 11.3 Å². The minimum absolute atomic E-state index is 0.0842. The molecule has 1 N–H and O–H groups in total. The lowest BCUT2D eigenvalue weighted by Gasteiger charge is -2.13. The second kappa shape index (κ2) is 5.34. The summed E-state index contributed by atoms with van der Waals surface area (Å²) in [5.41, 5.74) is 1.01. The Labute approximate surface area is 108 Å². The van der Waals surface area contributed by atoms with Crippen molar-refractivity contribution in [1.29, 1.82) is 0 Å². The third-order valence-electron chi connectivity index (χ3n) is 2.52. The minimum atomic E-state index is -0.802. The molecular formula is C13H11ClO2S. The van der Waals surface area contributed by atoms with Gasteiger partial charge in [0.15, 0.2) is 0 Å². The molecule has 0 fully saturated rings. The van der Waals surface area contributed by atoms with E-state index in [4.69, 9.17) is 16.7 Å². The molecule has 0 saturated heterocycles. The lowest BCUT2D eigenvalue weighted by atomic mass is 9.94. The van der Waals surface area contributed by atoms with Gasteiger partial charge in [0.1, 0.15) is 0 Å². The number of carboxylic acid groups (broad SMARTS) is 1. The number of hydrogen-bond acceptors (Lipinski definition) is 2. The van der Waals surface area contributed by atoms with Gasteiger partial charge in [-0.2, -0.15) is 0 Å². The van der Waals surface area contributed by atoms with Crippen molar-refractivity contribution >= 4 is 28.9 Å². The Kier molecular flexibility index (Phi) is 3.82. The molecule has 1 unspecified atom stereocenters. The molecule has 0 aliphatic heterocycles. The maximum atomic E-state index is 10.9. The molecule has 2 aromatic rings. The largest absolute Gasteiger partial charge is 0.481 e. The molecule has 1 heterocycles. The first-order chi connectivity index (χ1) is 8.16. The number of rotatable bonds is 4. The lowest BCUT2D eigenvalue weighted by molar-refractivity contribution is -0.137. The predicted molar refractivity (Wildman–Crippen MR) is 69.9 cm³/mol. The van der Waals surface area contributed by atoms with Crippen LogP contribution in [0, 0.1) is 0 Å². The molecule has 88 valence electrons. The second-order valence-electron chi connectivity index (χ2n) is 3.70. The van der Waals surface area contributed by atoms with E-state index >= 15 is 0 Å². The fourth-order valence-corrected chi connectivity index (χ4v) is 2.95. The van der Waals surface area contributed by atoms with Crippen LogP contribution < -0.4 is 0 Å². The number of thiophene rings is 1. The van der Waals surface area contributed by atoms with E-state index in [0.717, 1.165) is 10.4 Å². The van der Waals surface area contributed by atoms with Crippen molar-refractivity contribution < 1.29 is 9.90 Å². The van der Waals surface area contributed by atoms with Gasteiger partial charge in [-0.05, 0) is 17.7 Å². The number of halogens is 1. The zero-order valence-electron chi connectivity index (χ0n) is 8.97. The summed E-state index contributed by atoms with van der Waals surface area (Å²) in [6, 6.07) is 13.3. The van der Waals surface area contributed by atoms with E-state index in [1.807, 2.05) is 36.4 Å². The third-order valence-corrected chi connectivity index (χ3v) is 3.86. The zero-order valence-corrected chi connectivity index (χ0v) is 10.5. The maximum absolute atomic E-state index is 10.9. The summed E-state index contributed by atoms with van der Waals surface area (Å²) in [5.74, 6) is -0.922. The summed E-state index contributed by atoms with van der Waals surface area (Å²) in [6.07, 6.45) is 0.0842. The third kappa shape index (κ3) is 3.08. The number of aliphatic carboxylic acids is 1. The van der Waals surface area contributed by atoms with Crippen LogP contribution in [0.4, 0.5) is 0 Å². The van der Waals surface area contributed by atoms with Crippen molar-refractivity contribution in [2.45, 2.75) is 12.3 Å². The van der Waals surface area contributed by atoms with Gasteiger partial charge in [-0.3, -0.25) is 4.79 Å². The summed E-state index contributed by atoms with van der Waals surface area (Å²) in [5, 5.41) is 8.98. The molecule has 0 bridgehead atoms. The first-order valence-corrected chi connectivity index (χ1v) is 6.38. The molecule has 0 aliphatic carbocycles. The normalized spacial score (nSPS) is 12.3. The molecule has 0 saturated carbocycles. The van der Waals surface area contributed by atoms with Crippen LogP contribution in [-0.4, -0.2) is 11.1 Å². The van der Waals surface area contributed by atoms with Gasteiger partial charge in [-0.1, -0.05) is 41.9 Å². The first-order valence-electron chi connectivity index (χ1n) is 5.19. The van der Waals surface area contributed by atoms with Gasteiger partial charge < -0.3 is 5.11 Å². The Morgan fingerprint density at radius 3 is 2.47 bits per heavy atom. The molecule has 1 aromatic carbocycles. The highest BCUT2D eigenvalue weighted by molar-refractivity contribution is 7.16. The highest BCUT2D eigenvalue weighted by Crippen LogP contribution is 2.34. The van der Waals surface area contributed by atoms with Crippen molar-refractivity contribution in [3.05, 3.63) is 57.2 Å². The zero-order chi connectivity index (χ0) is 12.3. The second-order valence-corrected chi connectivity index (χ2v) is 5.45. The molecule has 2 rings (SSSR count). The van der Waals surface area contributed by atoms with Gasteiger partial charge in [-0.15, -0.1) is 11.3 Å². The van der Waals surface area contributed by atoms with E-state index in [1.54, 1.807) is 6.07 Å². The standard InChI is InChI=1S/C13H11ClO2S/c14-12-7-6-11(17-12)10(8-13(15)16)9-4-2-1-3-5-9/h1-7,10H,8H2,(H,15,16). The van der Waals surface area contributed by atoms with Crippen LogP contribution in [0.1, 0.15) is 22.8 Å². The van der Waals surface area contributed by atoms with Gasteiger partial charge in [0.2, 0.25) is 0 Å². The molecular weight excluding hydrogens is 256 g/mol. The maximum Gasteiger partial charge on any atom is 0.304 e.